The van der Waals surface area contributed by atoms with Crippen LogP contribution in [0.5, 0.6) is 11.5 Å². The lowest BCUT2D eigenvalue weighted by Crippen LogP contribution is -1.97. The summed E-state index contributed by atoms with van der Waals surface area (Å²) >= 11 is 4.15. The second kappa shape index (κ2) is 17.3. The number of ether oxygens (including phenoxy) is 1. The highest BCUT2D eigenvalue weighted by Crippen LogP contribution is 2.26. The summed E-state index contributed by atoms with van der Waals surface area (Å²) in [6.07, 6.45) is 22.1. The van der Waals surface area contributed by atoms with Crippen LogP contribution >= 0.6 is 12.6 Å². The molecule has 1 aromatic rings. The number of aromatic hydroxyl groups is 1. The van der Waals surface area contributed by atoms with Crippen LogP contribution in [0.2, 0.25) is 0 Å². The Kier molecular flexibility index (Phi) is 15.5. The highest BCUT2D eigenvalue weighted by atomic mass is 32.1. The van der Waals surface area contributed by atoms with Gasteiger partial charge in [-0.2, -0.15) is 0 Å². The Morgan fingerprint density at radius 3 is 1.59 bits per heavy atom. The van der Waals surface area contributed by atoms with Crippen LogP contribution in [0.1, 0.15) is 110 Å². The Balaban J connectivity index is 1.77. The van der Waals surface area contributed by atoms with E-state index in [1.54, 1.807) is 12.1 Å². The van der Waals surface area contributed by atoms with E-state index in [1.165, 1.54) is 96.3 Å². The summed E-state index contributed by atoms with van der Waals surface area (Å²) in [5.74, 6) is 0.911. The van der Waals surface area contributed by atoms with Gasteiger partial charge in [0.05, 0.1) is 6.61 Å². The smallest absolute Gasteiger partial charge is 0.132 e. The van der Waals surface area contributed by atoms with Crippen molar-refractivity contribution in [3.05, 3.63) is 18.2 Å². The van der Waals surface area contributed by atoms with Gasteiger partial charge in [-0.15, -0.1) is 12.6 Å². The van der Waals surface area contributed by atoms with E-state index in [0.717, 1.165) is 18.8 Å². The monoisotopic (exact) mass is 394 g/mol. The molecule has 3 heteroatoms. The largest absolute Gasteiger partial charge is 0.507 e. The first-order valence-electron chi connectivity index (χ1n) is 11.4. The van der Waals surface area contributed by atoms with Gasteiger partial charge in [0.25, 0.3) is 0 Å². The molecule has 0 bridgehead atoms. The van der Waals surface area contributed by atoms with Gasteiger partial charge in [0.2, 0.25) is 0 Å². The SMILES string of the molecule is CCCCCCCCCCCCCCCCCCOc1ccc(S)c(O)c1. The summed E-state index contributed by atoms with van der Waals surface area (Å²) in [7, 11) is 0. The van der Waals surface area contributed by atoms with E-state index in [0.29, 0.717) is 4.90 Å². The minimum absolute atomic E-state index is 0.183. The van der Waals surface area contributed by atoms with E-state index < -0.39 is 0 Å². The van der Waals surface area contributed by atoms with Gasteiger partial charge in [0.15, 0.2) is 0 Å². The third-order valence-electron chi connectivity index (χ3n) is 5.21. The Bertz CT molecular complexity index is 462. The maximum absolute atomic E-state index is 9.59. The van der Waals surface area contributed by atoms with Crippen molar-refractivity contribution in [3.63, 3.8) is 0 Å². The molecule has 0 unspecified atom stereocenters. The Labute approximate surface area is 173 Å². The van der Waals surface area contributed by atoms with Crippen molar-refractivity contribution < 1.29 is 9.84 Å². The minimum Gasteiger partial charge on any atom is -0.507 e. The van der Waals surface area contributed by atoms with Crippen LogP contribution in [-0.4, -0.2) is 11.7 Å². The van der Waals surface area contributed by atoms with Crippen molar-refractivity contribution in [1.82, 2.24) is 0 Å². The van der Waals surface area contributed by atoms with Gasteiger partial charge < -0.3 is 9.84 Å². The van der Waals surface area contributed by atoms with Crippen molar-refractivity contribution in [2.45, 2.75) is 115 Å². The Morgan fingerprint density at radius 2 is 1.15 bits per heavy atom. The average Bonchev–Trinajstić information content (AvgIpc) is 2.67. The molecule has 0 aromatic heterocycles. The standard InChI is InChI=1S/C24H42O2S/c1-2-3-4-5-6-7-8-9-10-11-12-13-14-15-16-17-20-26-22-18-19-24(27)23(25)21-22/h18-19,21,25,27H,2-17,20H2,1H3. The fourth-order valence-corrected chi connectivity index (χ4v) is 3.57. The van der Waals surface area contributed by atoms with Crippen LogP contribution < -0.4 is 4.74 Å². The van der Waals surface area contributed by atoms with E-state index >= 15 is 0 Å². The molecular weight excluding hydrogens is 352 g/mol. The van der Waals surface area contributed by atoms with Crippen molar-refractivity contribution in [2.75, 3.05) is 6.61 Å². The zero-order valence-corrected chi connectivity index (χ0v) is 18.4. The third-order valence-corrected chi connectivity index (χ3v) is 5.59. The molecule has 1 rings (SSSR count). The summed E-state index contributed by atoms with van der Waals surface area (Å²) in [4.78, 5) is 0.588. The molecule has 1 aromatic carbocycles. The van der Waals surface area contributed by atoms with E-state index in [-0.39, 0.29) is 5.75 Å². The lowest BCUT2D eigenvalue weighted by molar-refractivity contribution is 0.302. The van der Waals surface area contributed by atoms with Crippen LogP contribution in [0, 0.1) is 0 Å². The molecule has 0 heterocycles. The zero-order valence-electron chi connectivity index (χ0n) is 17.6. The van der Waals surface area contributed by atoms with Crippen LogP contribution in [-0.2, 0) is 0 Å². The van der Waals surface area contributed by atoms with Crippen LogP contribution in [0.3, 0.4) is 0 Å². The molecule has 0 fully saturated rings. The van der Waals surface area contributed by atoms with Crippen LogP contribution in [0.4, 0.5) is 0 Å². The number of unbranched alkanes of at least 4 members (excludes halogenated alkanes) is 15. The first kappa shape index (κ1) is 24.2. The molecule has 0 saturated heterocycles. The molecule has 2 nitrogen and oxygen atoms in total. The lowest BCUT2D eigenvalue weighted by atomic mass is 10.0. The Morgan fingerprint density at radius 1 is 0.704 bits per heavy atom. The second-order valence-electron chi connectivity index (χ2n) is 7.80. The average molecular weight is 395 g/mol. The van der Waals surface area contributed by atoms with Crippen molar-refractivity contribution in [2.24, 2.45) is 0 Å². The van der Waals surface area contributed by atoms with E-state index in [1.807, 2.05) is 6.07 Å². The van der Waals surface area contributed by atoms with E-state index in [9.17, 15) is 5.11 Å². The molecule has 0 aliphatic carbocycles. The molecule has 1 N–H and O–H groups in total. The van der Waals surface area contributed by atoms with Gasteiger partial charge in [-0.25, -0.2) is 0 Å². The van der Waals surface area contributed by atoms with Gasteiger partial charge in [-0.3, -0.25) is 0 Å². The van der Waals surface area contributed by atoms with Gasteiger partial charge in [0, 0.05) is 11.0 Å². The van der Waals surface area contributed by atoms with Crippen molar-refractivity contribution >= 4 is 12.6 Å². The van der Waals surface area contributed by atoms with Crippen molar-refractivity contribution in [3.8, 4) is 11.5 Å². The number of hydrogen-bond donors (Lipinski definition) is 2. The van der Waals surface area contributed by atoms with E-state index in [2.05, 4.69) is 19.6 Å². The number of phenols is 1. The summed E-state index contributed by atoms with van der Waals surface area (Å²) in [5, 5.41) is 9.59. The van der Waals surface area contributed by atoms with Gasteiger partial charge in [-0.1, -0.05) is 103 Å². The highest BCUT2D eigenvalue weighted by molar-refractivity contribution is 7.80. The number of thiol groups is 1. The topological polar surface area (TPSA) is 29.5 Å². The minimum atomic E-state index is 0.183. The molecule has 0 atom stereocenters. The molecule has 0 aliphatic rings. The molecule has 0 amide bonds. The molecule has 27 heavy (non-hydrogen) atoms. The maximum Gasteiger partial charge on any atom is 0.132 e. The quantitative estimate of drug-likeness (QED) is 0.193. The van der Waals surface area contributed by atoms with Crippen molar-refractivity contribution in [1.29, 1.82) is 0 Å². The molecule has 156 valence electrons. The zero-order chi connectivity index (χ0) is 19.6. The van der Waals surface area contributed by atoms with Crippen LogP contribution in [0.15, 0.2) is 23.1 Å². The molecule has 0 saturated carbocycles. The molecule has 0 aliphatic heterocycles. The first-order valence-corrected chi connectivity index (χ1v) is 11.8. The predicted molar refractivity (Wildman–Crippen MR) is 120 cm³/mol. The summed E-state index contributed by atoms with van der Waals surface area (Å²) in [5.41, 5.74) is 0. The summed E-state index contributed by atoms with van der Waals surface area (Å²) in [6, 6.07) is 5.25. The fourth-order valence-electron chi connectivity index (χ4n) is 3.43. The fraction of sp³-hybridized carbons (Fsp3) is 0.750. The maximum atomic E-state index is 9.59. The number of rotatable bonds is 18. The predicted octanol–water partition coefficient (Wildman–Crippen LogP) is 8.32. The lowest BCUT2D eigenvalue weighted by Gasteiger charge is -2.07. The molecular formula is C24H42O2S. The molecule has 0 spiro atoms. The van der Waals surface area contributed by atoms with Crippen LogP contribution in [0.25, 0.3) is 0 Å². The Hall–Kier alpha value is -0.830. The number of benzene rings is 1. The van der Waals surface area contributed by atoms with Gasteiger partial charge >= 0.3 is 0 Å². The summed E-state index contributed by atoms with van der Waals surface area (Å²) < 4.78 is 5.67. The van der Waals surface area contributed by atoms with Gasteiger partial charge in [0.1, 0.15) is 11.5 Å². The van der Waals surface area contributed by atoms with E-state index in [4.69, 9.17) is 4.74 Å². The number of hydrogen-bond acceptors (Lipinski definition) is 3. The normalized spacial score (nSPS) is 11.0. The number of phenolic OH excluding ortho intramolecular Hbond substituents is 1. The van der Waals surface area contributed by atoms with Gasteiger partial charge in [-0.05, 0) is 18.6 Å². The first-order chi connectivity index (χ1) is 13.2. The third kappa shape index (κ3) is 13.9. The molecule has 0 radical (unpaired) electrons. The summed E-state index contributed by atoms with van der Waals surface area (Å²) in [6.45, 7) is 3.01. The highest BCUT2D eigenvalue weighted by Gasteiger charge is 2.00. The second-order valence-corrected chi connectivity index (χ2v) is 8.28.